The number of methoxy groups -OCH3 is 1. The maximum Gasteiger partial charge on any atom is 0.305 e. The van der Waals surface area contributed by atoms with Gasteiger partial charge in [-0.05, 0) is 73.0 Å². The second-order valence-electron chi connectivity index (χ2n) is 9.75. The number of ether oxygens (including phenoxy) is 1. The Bertz CT molecular complexity index is 577. The van der Waals surface area contributed by atoms with E-state index in [4.69, 9.17) is 4.74 Å². The van der Waals surface area contributed by atoms with Crippen molar-refractivity contribution in [3.8, 4) is 0 Å². The number of carbonyl (C=O) groups excluding carboxylic acids is 1. The second kappa shape index (κ2) is 6.59. The fourth-order valence-corrected chi connectivity index (χ4v) is 6.54. The van der Waals surface area contributed by atoms with Crippen molar-refractivity contribution in [2.75, 3.05) is 7.11 Å². The Labute approximate surface area is 154 Å². The van der Waals surface area contributed by atoms with Gasteiger partial charge in [0.2, 0.25) is 0 Å². The van der Waals surface area contributed by atoms with Gasteiger partial charge in [-0.15, -0.1) is 6.58 Å². The molecule has 3 rings (SSSR count). The fourth-order valence-electron chi connectivity index (χ4n) is 6.54. The van der Waals surface area contributed by atoms with Crippen molar-refractivity contribution in [2.45, 2.75) is 78.6 Å². The molecule has 2 heteroatoms. The first-order valence-electron chi connectivity index (χ1n) is 10.2. The van der Waals surface area contributed by atoms with Gasteiger partial charge < -0.3 is 4.74 Å². The van der Waals surface area contributed by atoms with Crippen LogP contribution in [-0.2, 0) is 9.53 Å². The van der Waals surface area contributed by atoms with Crippen molar-refractivity contribution in [3.63, 3.8) is 0 Å². The Morgan fingerprint density at radius 3 is 2.76 bits per heavy atom. The third-order valence-corrected chi connectivity index (χ3v) is 8.08. The SMILES string of the molecule is C=C[C@@]1(C)CC=C2C(CCC3[C@](C)(CCC(=O)OC)CCC[C@@]23C)C1. The first kappa shape index (κ1) is 18.7. The van der Waals surface area contributed by atoms with E-state index in [-0.39, 0.29) is 16.8 Å². The molecule has 0 N–H and O–H groups in total. The summed E-state index contributed by atoms with van der Waals surface area (Å²) in [5, 5.41) is 0. The molecule has 2 fully saturated rings. The summed E-state index contributed by atoms with van der Waals surface area (Å²) >= 11 is 0. The summed E-state index contributed by atoms with van der Waals surface area (Å²) in [6.45, 7) is 11.4. The van der Waals surface area contributed by atoms with Crippen LogP contribution in [0, 0.1) is 28.1 Å². The molecule has 5 atom stereocenters. The van der Waals surface area contributed by atoms with Gasteiger partial charge in [-0.1, -0.05) is 44.9 Å². The molecule has 0 aromatic rings. The summed E-state index contributed by atoms with van der Waals surface area (Å²) in [4.78, 5) is 11.7. The van der Waals surface area contributed by atoms with Crippen LogP contribution in [0.25, 0.3) is 0 Å². The fraction of sp³-hybridized carbons (Fsp3) is 0.783. The first-order valence-corrected chi connectivity index (χ1v) is 10.2. The molecule has 2 unspecified atom stereocenters. The van der Waals surface area contributed by atoms with Gasteiger partial charge >= 0.3 is 5.97 Å². The van der Waals surface area contributed by atoms with Crippen LogP contribution < -0.4 is 0 Å². The van der Waals surface area contributed by atoms with Gasteiger partial charge in [-0.2, -0.15) is 0 Å². The van der Waals surface area contributed by atoms with E-state index in [0.717, 1.165) is 18.8 Å². The number of esters is 1. The number of hydrogen-bond acceptors (Lipinski definition) is 2. The molecule has 3 aliphatic rings. The minimum atomic E-state index is -0.0548. The van der Waals surface area contributed by atoms with E-state index in [9.17, 15) is 4.79 Å². The van der Waals surface area contributed by atoms with Gasteiger partial charge in [0.05, 0.1) is 7.11 Å². The van der Waals surface area contributed by atoms with E-state index in [1.54, 1.807) is 5.57 Å². The zero-order valence-corrected chi connectivity index (χ0v) is 16.7. The number of carbonyl (C=O) groups is 1. The zero-order valence-electron chi connectivity index (χ0n) is 16.7. The Morgan fingerprint density at radius 1 is 1.32 bits per heavy atom. The average molecular weight is 345 g/mol. The minimum Gasteiger partial charge on any atom is -0.469 e. The third kappa shape index (κ3) is 3.22. The third-order valence-electron chi connectivity index (χ3n) is 8.08. The lowest BCUT2D eigenvalue weighted by atomic mass is 9.45. The molecule has 3 aliphatic carbocycles. The lowest BCUT2D eigenvalue weighted by Gasteiger charge is -2.59. The van der Waals surface area contributed by atoms with Gasteiger partial charge in [0.25, 0.3) is 0 Å². The van der Waals surface area contributed by atoms with Crippen LogP contribution in [-0.4, -0.2) is 13.1 Å². The molecule has 0 spiro atoms. The highest BCUT2D eigenvalue weighted by Crippen LogP contribution is 2.64. The van der Waals surface area contributed by atoms with Crippen LogP contribution in [0.4, 0.5) is 0 Å². The van der Waals surface area contributed by atoms with Gasteiger partial charge in [0, 0.05) is 6.42 Å². The number of hydrogen-bond donors (Lipinski definition) is 0. The topological polar surface area (TPSA) is 26.3 Å². The van der Waals surface area contributed by atoms with Gasteiger partial charge in [-0.3, -0.25) is 4.79 Å². The normalized spacial score (nSPS) is 43.4. The monoisotopic (exact) mass is 344 g/mol. The Hall–Kier alpha value is -1.05. The molecule has 0 aromatic heterocycles. The largest absolute Gasteiger partial charge is 0.469 e. The predicted octanol–water partition coefficient (Wildman–Crippen LogP) is 6.07. The molecule has 0 aromatic carbocycles. The summed E-state index contributed by atoms with van der Waals surface area (Å²) in [5.74, 6) is 1.38. The van der Waals surface area contributed by atoms with Crippen molar-refractivity contribution in [1.82, 2.24) is 0 Å². The quantitative estimate of drug-likeness (QED) is 0.456. The van der Waals surface area contributed by atoms with E-state index in [0.29, 0.717) is 17.8 Å². The summed E-state index contributed by atoms with van der Waals surface area (Å²) in [6.07, 6.45) is 15.2. The molecule has 0 aliphatic heterocycles. The first-order chi connectivity index (χ1) is 11.8. The zero-order chi connectivity index (χ0) is 18.3. The molecule has 0 heterocycles. The summed E-state index contributed by atoms with van der Waals surface area (Å²) < 4.78 is 4.91. The van der Waals surface area contributed by atoms with Crippen molar-refractivity contribution in [2.24, 2.45) is 28.1 Å². The standard InChI is InChI=1S/C23H36O2/c1-6-21(2)14-10-18-17(16-21)8-9-19-22(3,15-11-20(24)25-5)12-7-13-23(18,19)4/h6,10,17,19H,1,7-9,11-16H2,2-5H3/t17?,19?,21-,22-,23-/m0/s1. The molecule has 140 valence electrons. The lowest BCUT2D eigenvalue weighted by molar-refractivity contribution is -0.142. The molecule has 0 saturated heterocycles. The summed E-state index contributed by atoms with van der Waals surface area (Å²) in [6, 6.07) is 0. The molecule has 0 radical (unpaired) electrons. The van der Waals surface area contributed by atoms with E-state index in [1.807, 2.05) is 0 Å². The highest BCUT2D eigenvalue weighted by molar-refractivity contribution is 5.69. The smallest absolute Gasteiger partial charge is 0.305 e. The molecular weight excluding hydrogens is 308 g/mol. The predicted molar refractivity (Wildman–Crippen MR) is 103 cm³/mol. The molecule has 25 heavy (non-hydrogen) atoms. The highest BCUT2D eigenvalue weighted by atomic mass is 16.5. The number of allylic oxidation sites excluding steroid dienone is 3. The molecule has 2 nitrogen and oxygen atoms in total. The van der Waals surface area contributed by atoms with E-state index >= 15 is 0 Å². The molecular formula is C23H36O2. The maximum atomic E-state index is 11.7. The minimum absolute atomic E-state index is 0.0548. The molecule has 0 bridgehead atoms. The van der Waals surface area contributed by atoms with Gasteiger partial charge in [0.15, 0.2) is 0 Å². The Balaban J connectivity index is 1.86. The van der Waals surface area contributed by atoms with Crippen molar-refractivity contribution < 1.29 is 9.53 Å². The van der Waals surface area contributed by atoms with Crippen molar-refractivity contribution in [1.29, 1.82) is 0 Å². The van der Waals surface area contributed by atoms with Crippen molar-refractivity contribution in [3.05, 3.63) is 24.3 Å². The van der Waals surface area contributed by atoms with Crippen LogP contribution in [0.15, 0.2) is 24.3 Å². The van der Waals surface area contributed by atoms with E-state index in [1.165, 1.54) is 45.6 Å². The summed E-state index contributed by atoms with van der Waals surface area (Å²) in [5.41, 5.74) is 2.62. The number of rotatable bonds is 4. The highest BCUT2D eigenvalue weighted by Gasteiger charge is 2.54. The van der Waals surface area contributed by atoms with Crippen LogP contribution in [0.2, 0.25) is 0 Å². The van der Waals surface area contributed by atoms with Gasteiger partial charge in [-0.25, -0.2) is 0 Å². The average Bonchev–Trinajstić information content (AvgIpc) is 2.59. The van der Waals surface area contributed by atoms with Crippen LogP contribution in [0.1, 0.15) is 78.6 Å². The lowest BCUT2D eigenvalue weighted by Crippen LogP contribution is -2.50. The van der Waals surface area contributed by atoms with Crippen LogP contribution >= 0.6 is 0 Å². The molecule has 0 amide bonds. The van der Waals surface area contributed by atoms with Crippen molar-refractivity contribution >= 4 is 5.97 Å². The Kier molecular flexibility index (Phi) is 4.94. The van der Waals surface area contributed by atoms with E-state index in [2.05, 4.69) is 39.5 Å². The van der Waals surface area contributed by atoms with E-state index < -0.39 is 0 Å². The number of fused-ring (bicyclic) bond motifs is 3. The molecule has 2 saturated carbocycles. The maximum absolute atomic E-state index is 11.7. The Morgan fingerprint density at radius 2 is 2.08 bits per heavy atom. The summed E-state index contributed by atoms with van der Waals surface area (Å²) in [7, 11) is 1.50. The van der Waals surface area contributed by atoms with Crippen LogP contribution in [0.3, 0.4) is 0 Å². The second-order valence-corrected chi connectivity index (χ2v) is 9.75. The van der Waals surface area contributed by atoms with Gasteiger partial charge in [0.1, 0.15) is 0 Å². The van der Waals surface area contributed by atoms with Crippen LogP contribution in [0.5, 0.6) is 0 Å².